The molecule has 0 radical (unpaired) electrons. The summed E-state index contributed by atoms with van der Waals surface area (Å²) in [7, 11) is 0. The van der Waals surface area contributed by atoms with Gasteiger partial charge in [-0.2, -0.15) is 0 Å². The summed E-state index contributed by atoms with van der Waals surface area (Å²) in [6.45, 7) is -0.604. The normalized spacial score (nSPS) is 32.9. The van der Waals surface area contributed by atoms with E-state index in [0.717, 1.165) is 16.8 Å². The number of H-pyrrole nitrogens is 1. The van der Waals surface area contributed by atoms with Crippen molar-refractivity contribution in [2.45, 2.75) is 24.6 Å². The van der Waals surface area contributed by atoms with Crippen molar-refractivity contribution in [1.29, 1.82) is 0 Å². The lowest BCUT2D eigenvalue weighted by Gasteiger charge is -2.16. The van der Waals surface area contributed by atoms with E-state index in [4.69, 9.17) is 9.84 Å². The van der Waals surface area contributed by atoms with Crippen LogP contribution in [0.15, 0.2) is 21.9 Å². The standard InChI is InChI=1S/C9H11FN2O5/c10-6-4(3-13)17-8(7(6)15)12-2-1-5(14)11-9(12)16/h1-2,4,6-8,13,15H,3H2,(H,11,14,16)/t4?,6-,7-,8-/m1/s1. The Morgan fingerprint density at radius 2 is 2.24 bits per heavy atom. The Balaban J connectivity index is 2.35. The van der Waals surface area contributed by atoms with Gasteiger partial charge in [0.05, 0.1) is 6.61 Å². The molecule has 1 aromatic heterocycles. The fourth-order valence-corrected chi connectivity index (χ4v) is 1.71. The Bertz CT molecular complexity index is 513. The van der Waals surface area contributed by atoms with Crippen LogP contribution in [0.5, 0.6) is 0 Å². The number of hydrogen-bond donors (Lipinski definition) is 3. The first-order valence-corrected chi connectivity index (χ1v) is 4.94. The van der Waals surface area contributed by atoms with E-state index in [1.54, 1.807) is 0 Å². The molecule has 0 saturated carbocycles. The van der Waals surface area contributed by atoms with Gasteiger partial charge >= 0.3 is 5.69 Å². The maximum absolute atomic E-state index is 13.4. The minimum atomic E-state index is -1.79. The molecule has 17 heavy (non-hydrogen) atoms. The Hall–Kier alpha value is -1.51. The second kappa shape index (κ2) is 4.40. The number of nitrogens with zero attached hydrogens (tertiary/aromatic N) is 1. The number of aromatic nitrogens is 2. The van der Waals surface area contributed by atoms with Gasteiger partial charge < -0.3 is 14.9 Å². The van der Waals surface area contributed by atoms with Gasteiger partial charge in [-0.3, -0.25) is 14.3 Å². The fraction of sp³-hybridized carbons (Fsp3) is 0.556. The smallest absolute Gasteiger partial charge is 0.330 e. The van der Waals surface area contributed by atoms with Gasteiger partial charge in [0.15, 0.2) is 12.4 Å². The van der Waals surface area contributed by atoms with Crippen LogP contribution >= 0.6 is 0 Å². The maximum atomic E-state index is 13.4. The van der Waals surface area contributed by atoms with Crippen LogP contribution < -0.4 is 11.2 Å². The molecular weight excluding hydrogens is 235 g/mol. The molecule has 7 nitrogen and oxygen atoms in total. The van der Waals surface area contributed by atoms with E-state index in [0.29, 0.717) is 0 Å². The highest BCUT2D eigenvalue weighted by Crippen LogP contribution is 2.29. The lowest BCUT2D eigenvalue weighted by Crippen LogP contribution is -2.36. The second-order valence-electron chi connectivity index (χ2n) is 3.70. The SMILES string of the molecule is O=c1ccn([C@@H]2OC(CO)[C@@H](F)[C@H]2O)c(=O)[nH]1. The number of rotatable bonds is 2. The second-order valence-corrected chi connectivity index (χ2v) is 3.70. The molecule has 1 fully saturated rings. The average molecular weight is 246 g/mol. The number of hydrogen-bond acceptors (Lipinski definition) is 5. The van der Waals surface area contributed by atoms with E-state index in [1.807, 2.05) is 4.98 Å². The van der Waals surface area contributed by atoms with Crippen LogP contribution in [0.1, 0.15) is 6.23 Å². The zero-order valence-corrected chi connectivity index (χ0v) is 8.62. The Morgan fingerprint density at radius 1 is 1.53 bits per heavy atom. The molecule has 1 saturated heterocycles. The number of halogens is 1. The molecule has 1 unspecified atom stereocenters. The molecular formula is C9H11FN2O5. The van der Waals surface area contributed by atoms with Crippen molar-refractivity contribution >= 4 is 0 Å². The van der Waals surface area contributed by atoms with E-state index in [2.05, 4.69) is 0 Å². The largest absolute Gasteiger partial charge is 0.394 e. The predicted molar refractivity (Wildman–Crippen MR) is 53.2 cm³/mol. The third-order valence-corrected chi connectivity index (χ3v) is 2.59. The van der Waals surface area contributed by atoms with Gasteiger partial charge in [0.2, 0.25) is 0 Å². The van der Waals surface area contributed by atoms with Crippen molar-refractivity contribution in [3.8, 4) is 0 Å². The number of aliphatic hydroxyl groups is 2. The molecule has 1 aliphatic heterocycles. The van der Waals surface area contributed by atoms with E-state index >= 15 is 0 Å². The summed E-state index contributed by atoms with van der Waals surface area (Å²) >= 11 is 0. The molecule has 0 aliphatic carbocycles. The van der Waals surface area contributed by atoms with E-state index < -0.39 is 42.5 Å². The van der Waals surface area contributed by atoms with Gasteiger partial charge in [-0.15, -0.1) is 0 Å². The van der Waals surface area contributed by atoms with Gasteiger partial charge in [-0.05, 0) is 0 Å². The van der Waals surface area contributed by atoms with Crippen LogP contribution in [0, 0.1) is 0 Å². The quantitative estimate of drug-likeness (QED) is 0.567. The van der Waals surface area contributed by atoms with Crippen molar-refractivity contribution in [3.63, 3.8) is 0 Å². The van der Waals surface area contributed by atoms with Crippen LogP contribution in [-0.2, 0) is 4.74 Å². The molecule has 4 atom stereocenters. The van der Waals surface area contributed by atoms with Gasteiger partial charge in [0.25, 0.3) is 5.56 Å². The Morgan fingerprint density at radius 3 is 2.76 bits per heavy atom. The highest BCUT2D eigenvalue weighted by atomic mass is 19.1. The number of ether oxygens (including phenoxy) is 1. The number of nitrogens with one attached hydrogen (secondary N) is 1. The number of aromatic amines is 1. The fourth-order valence-electron chi connectivity index (χ4n) is 1.71. The van der Waals surface area contributed by atoms with Crippen LogP contribution in [0.2, 0.25) is 0 Å². The van der Waals surface area contributed by atoms with E-state index in [9.17, 15) is 19.1 Å². The van der Waals surface area contributed by atoms with Crippen molar-refractivity contribution in [3.05, 3.63) is 33.1 Å². The summed E-state index contributed by atoms with van der Waals surface area (Å²) < 4.78 is 19.3. The predicted octanol–water partition coefficient (Wildman–Crippen LogP) is -1.87. The van der Waals surface area contributed by atoms with Gasteiger partial charge in [0, 0.05) is 12.3 Å². The topological polar surface area (TPSA) is 105 Å². The van der Waals surface area contributed by atoms with Crippen molar-refractivity contribution in [1.82, 2.24) is 9.55 Å². The summed E-state index contributed by atoms with van der Waals surface area (Å²) in [5.41, 5.74) is -1.42. The minimum Gasteiger partial charge on any atom is -0.394 e. The summed E-state index contributed by atoms with van der Waals surface area (Å²) in [6, 6.07) is 1.05. The molecule has 3 N–H and O–H groups in total. The van der Waals surface area contributed by atoms with Crippen LogP contribution in [0.4, 0.5) is 4.39 Å². The minimum absolute atomic E-state index is 0.603. The van der Waals surface area contributed by atoms with Crippen molar-refractivity contribution in [2.24, 2.45) is 0 Å². The summed E-state index contributed by atoms with van der Waals surface area (Å²) in [6.07, 6.45) is -4.71. The summed E-state index contributed by atoms with van der Waals surface area (Å²) in [4.78, 5) is 24.2. The van der Waals surface area contributed by atoms with E-state index in [1.165, 1.54) is 0 Å². The number of alkyl halides is 1. The maximum Gasteiger partial charge on any atom is 0.330 e. The zero-order valence-electron chi connectivity index (χ0n) is 8.62. The molecule has 0 aromatic carbocycles. The van der Waals surface area contributed by atoms with Crippen LogP contribution in [0.3, 0.4) is 0 Å². The van der Waals surface area contributed by atoms with Crippen molar-refractivity contribution in [2.75, 3.05) is 6.61 Å². The first kappa shape index (κ1) is 12.0. The average Bonchev–Trinajstić information content (AvgIpc) is 2.57. The van der Waals surface area contributed by atoms with Crippen molar-refractivity contribution < 1.29 is 19.3 Å². The molecule has 2 heterocycles. The molecule has 94 valence electrons. The first-order valence-electron chi connectivity index (χ1n) is 4.94. The highest BCUT2D eigenvalue weighted by Gasteiger charge is 2.45. The molecule has 0 bridgehead atoms. The van der Waals surface area contributed by atoms with Gasteiger partial charge in [-0.1, -0.05) is 0 Å². The van der Waals surface area contributed by atoms with Crippen LogP contribution in [-0.4, -0.2) is 44.8 Å². The molecule has 2 rings (SSSR count). The summed E-state index contributed by atoms with van der Waals surface area (Å²) in [5.74, 6) is 0. The molecule has 8 heteroatoms. The molecule has 0 amide bonds. The van der Waals surface area contributed by atoms with E-state index in [-0.39, 0.29) is 0 Å². The van der Waals surface area contributed by atoms with Gasteiger partial charge in [-0.25, -0.2) is 9.18 Å². The summed E-state index contributed by atoms with van der Waals surface area (Å²) in [5, 5.41) is 18.4. The molecule has 0 spiro atoms. The third kappa shape index (κ3) is 2.02. The molecule has 1 aliphatic rings. The highest BCUT2D eigenvalue weighted by molar-refractivity contribution is 4.93. The third-order valence-electron chi connectivity index (χ3n) is 2.59. The van der Waals surface area contributed by atoms with Crippen LogP contribution in [0.25, 0.3) is 0 Å². The molecule has 1 aromatic rings. The lowest BCUT2D eigenvalue weighted by molar-refractivity contribution is -0.0537. The lowest BCUT2D eigenvalue weighted by atomic mass is 10.1. The Kier molecular flexibility index (Phi) is 3.09. The number of aliphatic hydroxyl groups excluding tert-OH is 2. The monoisotopic (exact) mass is 246 g/mol. The van der Waals surface area contributed by atoms with Gasteiger partial charge in [0.1, 0.15) is 12.2 Å². The zero-order chi connectivity index (χ0) is 12.6. The Labute approximate surface area is 94.1 Å². The first-order chi connectivity index (χ1) is 8.04.